The molecule has 0 radical (unpaired) electrons. The summed E-state index contributed by atoms with van der Waals surface area (Å²) in [4.78, 5) is 0. The summed E-state index contributed by atoms with van der Waals surface area (Å²) in [7, 11) is 0. The Morgan fingerprint density at radius 1 is 1.33 bits per heavy atom. The van der Waals surface area contributed by atoms with Gasteiger partial charge in [-0.2, -0.15) is 0 Å². The molecule has 0 fully saturated rings. The topological polar surface area (TPSA) is 26.0 Å². The lowest BCUT2D eigenvalue weighted by atomic mass is 9.96. The molecular weight excluding hydrogens is 146 g/mol. The highest BCUT2D eigenvalue weighted by Crippen LogP contribution is 2.18. The molecule has 2 unspecified atom stereocenters. The minimum atomic E-state index is 0.0729. The zero-order valence-corrected chi connectivity index (χ0v) is 7.40. The first-order chi connectivity index (χ1) is 5.75. The summed E-state index contributed by atoms with van der Waals surface area (Å²) < 4.78 is 0. The quantitative estimate of drug-likeness (QED) is 0.677. The molecule has 12 heavy (non-hydrogen) atoms. The lowest BCUT2D eigenvalue weighted by Gasteiger charge is -2.16. The fraction of sp³-hybridized carbons (Fsp3) is 0.273. The van der Waals surface area contributed by atoms with Crippen molar-refractivity contribution in [1.29, 1.82) is 0 Å². The van der Waals surface area contributed by atoms with E-state index < -0.39 is 0 Å². The summed E-state index contributed by atoms with van der Waals surface area (Å²) >= 11 is 0. The SMILES string of the molecule is C=CC(C)C(N)c1ccccc1. The molecule has 0 saturated heterocycles. The normalized spacial score (nSPS) is 15.2. The highest BCUT2D eigenvalue weighted by molar-refractivity contribution is 5.19. The van der Waals surface area contributed by atoms with Crippen LogP contribution in [0.25, 0.3) is 0 Å². The van der Waals surface area contributed by atoms with Crippen LogP contribution in [0.2, 0.25) is 0 Å². The third-order valence-corrected chi connectivity index (χ3v) is 2.12. The highest BCUT2D eigenvalue weighted by Gasteiger charge is 2.10. The second-order valence-corrected chi connectivity index (χ2v) is 3.03. The van der Waals surface area contributed by atoms with Crippen molar-refractivity contribution < 1.29 is 0 Å². The van der Waals surface area contributed by atoms with Crippen molar-refractivity contribution in [2.24, 2.45) is 11.7 Å². The van der Waals surface area contributed by atoms with Gasteiger partial charge in [-0.05, 0) is 11.5 Å². The van der Waals surface area contributed by atoms with Crippen molar-refractivity contribution in [1.82, 2.24) is 0 Å². The molecule has 0 aliphatic heterocycles. The van der Waals surface area contributed by atoms with Gasteiger partial charge < -0.3 is 5.73 Å². The van der Waals surface area contributed by atoms with E-state index >= 15 is 0 Å². The van der Waals surface area contributed by atoms with Crippen LogP contribution in [0, 0.1) is 5.92 Å². The lowest BCUT2D eigenvalue weighted by Crippen LogP contribution is -2.16. The van der Waals surface area contributed by atoms with Crippen molar-refractivity contribution >= 4 is 0 Å². The Morgan fingerprint density at radius 3 is 2.42 bits per heavy atom. The van der Waals surface area contributed by atoms with Crippen molar-refractivity contribution in [3.8, 4) is 0 Å². The van der Waals surface area contributed by atoms with Crippen LogP contribution >= 0.6 is 0 Å². The van der Waals surface area contributed by atoms with Gasteiger partial charge in [-0.15, -0.1) is 6.58 Å². The Morgan fingerprint density at radius 2 is 1.92 bits per heavy atom. The zero-order chi connectivity index (χ0) is 8.97. The monoisotopic (exact) mass is 161 g/mol. The maximum atomic E-state index is 5.98. The summed E-state index contributed by atoms with van der Waals surface area (Å²) in [5.41, 5.74) is 7.15. The van der Waals surface area contributed by atoms with E-state index in [9.17, 15) is 0 Å². The Balaban J connectivity index is 2.78. The van der Waals surface area contributed by atoms with Gasteiger partial charge in [0, 0.05) is 6.04 Å². The van der Waals surface area contributed by atoms with Crippen LogP contribution in [0.3, 0.4) is 0 Å². The summed E-state index contributed by atoms with van der Waals surface area (Å²) in [6.45, 7) is 5.80. The number of nitrogens with two attached hydrogens (primary N) is 1. The van der Waals surface area contributed by atoms with Gasteiger partial charge in [-0.3, -0.25) is 0 Å². The van der Waals surface area contributed by atoms with Crippen LogP contribution in [0.4, 0.5) is 0 Å². The Bertz CT molecular complexity index is 240. The highest BCUT2D eigenvalue weighted by atomic mass is 14.6. The molecule has 0 aliphatic rings. The number of rotatable bonds is 3. The molecule has 64 valence electrons. The maximum absolute atomic E-state index is 5.98. The van der Waals surface area contributed by atoms with Crippen LogP contribution in [-0.4, -0.2) is 0 Å². The van der Waals surface area contributed by atoms with Crippen molar-refractivity contribution in [3.05, 3.63) is 48.6 Å². The smallest absolute Gasteiger partial charge is 0.0355 e. The van der Waals surface area contributed by atoms with E-state index in [0.717, 1.165) is 0 Å². The predicted octanol–water partition coefficient (Wildman–Crippen LogP) is 2.51. The largest absolute Gasteiger partial charge is 0.323 e. The van der Waals surface area contributed by atoms with E-state index in [1.165, 1.54) is 5.56 Å². The molecule has 0 aliphatic carbocycles. The molecule has 2 N–H and O–H groups in total. The van der Waals surface area contributed by atoms with Gasteiger partial charge in [0.1, 0.15) is 0 Å². The molecule has 0 spiro atoms. The van der Waals surface area contributed by atoms with E-state index in [1.54, 1.807) is 0 Å². The van der Waals surface area contributed by atoms with E-state index in [-0.39, 0.29) is 6.04 Å². The van der Waals surface area contributed by atoms with Crippen LogP contribution in [0.1, 0.15) is 18.5 Å². The van der Waals surface area contributed by atoms with Gasteiger partial charge in [-0.25, -0.2) is 0 Å². The summed E-state index contributed by atoms with van der Waals surface area (Å²) in [5.74, 6) is 0.326. The van der Waals surface area contributed by atoms with E-state index in [4.69, 9.17) is 5.73 Å². The maximum Gasteiger partial charge on any atom is 0.0355 e. The molecule has 0 amide bonds. The number of hydrogen-bond donors (Lipinski definition) is 1. The Hall–Kier alpha value is -1.08. The number of hydrogen-bond acceptors (Lipinski definition) is 1. The molecule has 1 nitrogen and oxygen atoms in total. The minimum Gasteiger partial charge on any atom is -0.323 e. The van der Waals surface area contributed by atoms with Crippen molar-refractivity contribution in [2.75, 3.05) is 0 Å². The van der Waals surface area contributed by atoms with Gasteiger partial charge in [-0.1, -0.05) is 43.3 Å². The summed E-state index contributed by atoms with van der Waals surface area (Å²) in [6.07, 6.45) is 1.89. The molecule has 1 aromatic rings. The van der Waals surface area contributed by atoms with Crippen LogP contribution in [0.15, 0.2) is 43.0 Å². The third kappa shape index (κ3) is 1.95. The molecule has 0 aromatic heterocycles. The first-order valence-corrected chi connectivity index (χ1v) is 4.18. The first kappa shape index (κ1) is 9.01. The van der Waals surface area contributed by atoms with E-state index in [0.29, 0.717) is 5.92 Å². The summed E-state index contributed by atoms with van der Waals surface area (Å²) in [5, 5.41) is 0. The average molecular weight is 161 g/mol. The van der Waals surface area contributed by atoms with Gasteiger partial charge in [0.05, 0.1) is 0 Å². The standard InChI is InChI=1S/C11H15N/c1-3-9(2)11(12)10-7-5-4-6-8-10/h3-9,11H,1,12H2,2H3. The third-order valence-electron chi connectivity index (χ3n) is 2.12. The second-order valence-electron chi connectivity index (χ2n) is 3.03. The van der Waals surface area contributed by atoms with Gasteiger partial charge in [0.15, 0.2) is 0 Å². The van der Waals surface area contributed by atoms with Gasteiger partial charge >= 0.3 is 0 Å². The molecule has 1 aromatic carbocycles. The van der Waals surface area contributed by atoms with E-state index in [1.807, 2.05) is 36.4 Å². The molecule has 0 saturated carbocycles. The lowest BCUT2D eigenvalue weighted by molar-refractivity contribution is 0.568. The number of benzene rings is 1. The Kier molecular flexibility index (Phi) is 3.06. The molecule has 1 rings (SSSR count). The van der Waals surface area contributed by atoms with Gasteiger partial charge in [0.2, 0.25) is 0 Å². The van der Waals surface area contributed by atoms with Crippen molar-refractivity contribution in [2.45, 2.75) is 13.0 Å². The average Bonchev–Trinajstić information content (AvgIpc) is 2.17. The Labute approximate surface area is 73.9 Å². The van der Waals surface area contributed by atoms with Gasteiger partial charge in [0.25, 0.3) is 0 Å². The fourth-order valence-corrected chi connectivity index (χ4v) is 1.13. The first-order valence-electron chi connectivity index (χ1n) is 4.18. The molecule has 0 heterocycles. The fourth-order valence-electron chi connectivity index (χ4n) is 1.13. The van der Waals surface area contributed by atoms with Crippen molar-refractivity contribution in [3.63, 3.8) is 0 Å². The molecule has 2 atom stereocenters. The van der Waals surface area contributed by atoms with E-state index in [2.05, 4.69) is 13.5 Å². The second kappa shape index (κ2) is 4.07. The predicted molar refractivity (Wildman–Crippen MR) is 52.7 cm³/mol. The molecular formula is C11H15N. The van der Waals surface area contributed by atoms with Crippen LogP contribution < -0.4 is 5.73 Å². The summed E-state index contributed by atoms with van der Waals surface area (Å²) in [6, 6.07) is 10.2. The minimum absolute atomic E-state index is 0.0729. The molecule has 1 heteroatoms. The van der Waals surface area contributed by atoms with Crippen LogP contribution in [-0.2, 0) is 0 Å². The molecule has 0 bridgehead atoms. The zero-order valence-electron chi connectivity index (χ0n) is 7.40. The van der Waals surface area contributed by atoms with Crippen LogP contribution in [0.5, 0.6) is 0 Å².